The van der Waals surface area contributed by atoms with E-state index in [-0.39, 0.29) is 0 Å². The van der Waals surface area contributed by atoms with E-state index >= 15 is 0 Å². The van der Waals surface area contributed by atoms with Crippen LogP contribution in [0.4, 0.5) is 0 Å². The maximum atomic E-state index is 6.14. The van der Waals surface area contributed by atoms with Crippen molar-refractivity contribution in [3.05, 3.63) is 22.7 Å². The molecular weight excluding hydrogens is 260 g/mol. The van der Waals surface area contributed by atoms with E-state index in [1.807, 2.05) is 6.07 Å². The molecule has 0 saturated carbocycles. The highest BCUT2D eigenvalue weighted by Crippen LogP contribution is 2.26. The number of benzene rings is 1. The Balaban J connectivity index is 2.12. The molecule has 2 rings (SSSR count). The van der Waals surface area contributed by atoms with Crippen LogP contribution in [-0.2, 0) is 4.74 Å². The molecule has 0 aromatic heterocycles. The quantitative estimate of drug-likeness (QED) is 0.589. The normalized spacial score (nSPS) is 14.5. The van der Waals surface area contributed by atoms with Gasteiger partial charge in [0.15, 0.2) is 0 Å². The van der Waals surface area contributed by atoms with Gasteiger partial charge in [0.25, 0.3) is 0 Å². The Kier molecular flexibility index (Phi) is 5.29. The van der Waals surface area contributed by atoms with Crippen molar-refractivity contribution in [2.75, 3.05) is 26.9 Å². The summed E-state index contributed by atoms with van der Waals surface area (Å²) in [6, 6.07) is 3.64. The highest BCUT2D eigenvalue weighted by molar-refractivity contribution is 6.40. The van der Waals surface area contributed by atoms with Gasteiger partial charge in [-0.1, -0.05) is 17.1 Å². The molecule has 5 heteroatoms. The molecule has 0 fully saturated rings. The lowest BCUT2D eigenvalue weighted by Gasteiger charge is -2.13. The van der Waals surface area contributed by atoms with Crippen LogP contribution < -0.4 is 10.2 Å². The molecule has 0 bridgehead atoms. The van der Waals surface area contributed by atoms with Crippen molar-refractivity contribution in [2.24, 2.45) is 4.99 Å². The fourth-order valence-corrected chi connectivity index (χ4v) is 2.30. The largest absolute Gasteiger partial charge is 0.492 e. The van der Waals surface area contributed by atoms with Crippen molar-refractivity contribution in [2.45, 2.75) is 19.3 Å². The molecule has 2 radical (unpaired) electrons. The zero-order chi connectivity index (χ0) is 13.7. The summed E-state index contributed by atoms with van der Waals surface area (Å²) in [4.78, 5) is 4.47. The van der Waals surface area contributed by atoms with Crippen molar-refractivity contribution >= 4 is 30.6 Å². The predicted octanol–water partition coefficient (Wildman–Crippen LogP) is 2.13. The summed E-state index contributed by atoms with van der Waals surface area (Å²) < 4.78 is 10.7. The van der Waals surface area contributed by atoms with Crippen LogP contribution in [-0.4, -0.2) is 40.4 Å². The molecule has 1 aliphatic rings. The molecule has 0 amide bonds. The fraction of sp³-hybridized carbons (Fsp3) is 0.500. The van der Waals surface area contributed by atoms with Crippen molar-refractivity contribution < 1.29 is 9.47 Å². The van der Waals surface area contributed by atoms with Crippen LogP contribution in [0.25, 0.3) is 0 Å². The van der Waals surface area contributed by atoms with Gasteiger partial charge in [0.2, 0.25) is 0 Å². The topological polar surface area (TPSA) is 30.8 Å². The molecular formula is C14H17BClNO2. The SMILES string of the molecule is [B]c1cc(Cl)c(OCCCOC)cc1C1=NCCC1. The van der Waals surface area contributed by atoms with Crippen molar-refractivity contribution in [3.63, 3.8) is 0 Å². The van der Waals surface area contributed by atoms with E-state index in [1.54, 1.807) is 13.2 Å². The summed E-state index contributed by atoms with van der Waals surface area (Å²) in [5, 5.41) is 0.539. The van der Waals surface area contributed by atoms with Gasteiger partial charge in [-0.25, -0.2) is 0 Å². The molecule has 1 aliphatic heterocycles. The second-order valence-corrected chi connectivity index (χ2v) is 4.90. The molecule has 1 aromatic carbocycles. The van der Waals surface area contributed by atoms with Gasteiger partial charge < -0.3 is 9.47 Å². The highest BCUT2D eigenvalue weighted by atomic mass is 35.5. The van der Waals surface area contributed by atoms with Crippen LogP contribution in [0.5, 0.6) is 5.75 Å². The number of aliphatic imine (C=N–C) groups is 1. The molecule has 0 saturated heterocycles. The summed E-state index contributed by atoms with van der Waals surface area (Å²) in [5.41, 5.74) is 2.66. The number of hydrogen-bond donors (Lipinski definition) is 0. The van der Waals surface area contributed by atoms with Gasteiger partial charge >= 0.3 is 0 Å². The van der Waals surface area contributed by atoms with E-state index in [4.69, 9.17) is 28.9 Å². The number of methoxy groups -OCH3 is 1. The molecule has 0 N–H and O–H groups in total. The van der Waals surface area contributed by atoms with E-state index in [0.717, 1.165) is 37.1 Å². The Morgan fingerprint density at radius 2 is 2.21 bits per heavy atom. The number of hydrogen-bond acceptors (Lipinski definition) is 3. The Bertz CT molecular complexity index is 477. The average Bonchev–Trinajstić information content (AvgIpc) is 2.90. The zero-order valence-electron chi connectivity index (χ0n) is 11.1. The third-order valence-electron chi connectivity index (χ3n) is 3.04. The minimum Gasteiger partial charge on any atom is -0.492 e. The number of nitrogens with zero attached hydrogens (tertiary/aromatic N) is 1. The van der Waals surface area contributed by atoms with Gasteiger partial charge in [-0.15, -0.1) is 0 Å². The molecule has 100 valence electrons. The first-order valence-corrected chi connectivity index (χ1v) is 6.84. The molecule has 0 unspecified atom stereocenters. The molecule has 1 aromatic rings. The number of ether oxygens (including phenoxy) is 2. The summed E-state index contributed by atoms with van der Waals surface area (Å²) in [5.74, 6) is 0.663. The zero-order valence-corrected chi connectivity index (χ0v) is 11.9. The summed E-state index contributed by atoms with van der Waals surface area (Å²) >= 11 is 6.14. The van der Waals surface area contributed by atoms with Gasteiger partial charge in [-0.05, 0) is 30.5 Å². The highest BCUT2D eigenvalue weighted by Gasteiger charge is 2.14. The standard InChI is InChI=1S/C14H17BClNO2/c1-18-6-3-7-19-14-8-10(11(15)9-12(14)16)13-4-2-5-17-13/h8-9H,2-7H2,1H3. The molecule has 0 aliphatic carbocycles. The Morgan fingerprint density at radius 1 is 1.37 bits per heavy atom. The van der Waals surface area contributed by atoms with Crippen molar-refractivity contribution in [1.82, 2.24) is 0 Å². The van der Waals surface area contributed by atoms with E-state index < -0.39 is 0 Å². The van der Waals surface area contributed by atoms with Crippen LogP contribution in [0.3, 0.4) is 0 Å². The first kappa shape index (κ1) is 14.4. The smallest absolute Gasteiger partial charge is 0.138 e. The van der Waals surface area contributed by atoms with E-state index in [2.05, 4.69) is 4.99 Å². The predicted molar refractivity (Wildman–Crippen MR) is 79.5 cm³/mol. The van der Waals surface area contributed by atoms with Gasteiger partial charge in [0, 0.05) is 32.4 Å². The monoisotopic (exact) mass is 277 g/mol. The molecule has 0 atom stereocenters. The van der Waals surface area contributed by atoms with Gasteiger partial charge in [-0.2, -0.15) is 0 Å². The van der Waals surface area contributed by atoms with E-state index in [9.17, 15) is 0 Å². The molecule has 0 spiro atoms. The first-order valence-electron chi connectivity index (χ1n) is 6.47. The lowest BCUT2D eigenvalue weighted by Crippen LogP contribution is -2.16. The maximum absolute atomic E-state index is 6.14. The second kappa shape index (κ2) is 6.97. The first-order chi connectivity index (χ1) is 9.22. The third-order valence-corrected chi connectivity index (χ3v) is 3.34. The van der Waals surface area contributed by atoms with E-state index in [0.29, 0.717) is 29.4 Å². The minimum atomic E-state index is 0.539. The van der Waals surface area contributed by atoms with E-state index in [1.165, 1.54) is 0 Å². The van der Waals surface area contributed by atoms with Crippen LogP contribution in [0.2, 0.25) is 5.02 Å². The van der Waals surface area contributed by atoms with Gasteiger partial charge in [0.05, 0.1) is 11.6 Å². The summed E-state index contributed by atoms with van der Waals surface area (Å²) in [7, 11) is 7.68. The van der Waals surface area contributed by atoms with Crippen LogP contribution in [0, 0.1) is 0 Å². The third kappa shape index (κ3) is 3.74. The number of rotatable bonds is 6. The Hall–Kier alpha value is -0.995. The van der Waals surface area contributed by atoms with Crippen LogP contribution >= 0.6 is 11.6 Å². The van der Waals surface area contributed by atoms with Crippen molar-refractivity contribution in [3.8, 4) is 5.75 Å². The molecule has 19 heavy (non-hydrogen) atoms. The lowest BCUT2D eigenvalue weighted by atomic mass is 9.87. The van der Waals surface area contributed by atoms with Crippen LogP contribution in [0.1, 0.15) is 24.8 Å². The lowest BCUT2D eigenvalue weighted by molar-refractivity contribution is 0.172. The minimum absolute atomic E-state index is 0.539. The molecule has 1 heterocycles. The fourth-order valence-electron chi connectivity index (χ4n) is 2.07. The van der Waals surface area contributed by atoms with Crippen LogP contribution in [0.15, 0.2) is 17.1 Å². The van der Waals surface area contributed by atoms with Gasteiger partial charge in [0.1, 0.15) is 13.6 Å². The van der Waals surface area contributed by atoms with Crippen molar-refractivity contribution in [1.29, 1.82) is 0 Å². The summed E-state index contributed by atoms with van der Waals surface area (Å²) in [6.07, 6.45) is 2.88. The molecule has 3 nitrogen and oxygen atoms in total. The second-order valence-electron chi connectivity index (χ2n) is 4.50. The maximum Gasteiger partial charge on any atom is 0.138 e. The Morgan fingerprint density at radius 3 is 2.89 bits per heavy atom. The van der Waals surface area contributed by atoms with Gasteiger partial charge in [-0.3, -0.25) is 4.99 Å². The number of halogens is 1. The Labute approximate surface area is 120 Å². The summed E-state index contributed by atoms with van der Waals surface area (Å²) in [6.45, 7) is 2.12. The average molecular weight is 278 g/mol.